The molecule has 8 heteroatoms. The average Bonchev–Trinajstić information content (AvgIpc) is 2.80. The summed E-state index contributed by atoms with van der Waals surface area (Å²) in [4.78, 5) is 13.1. The molecule has 0 heterocycles. The first-order valence-corrected chi connectivity index (χ1v) is 12.5. The Kier molecular flexibility index (Phi) is 6.74. The van der Waals surface area contributed by atoms with E-state index in [0.717, 1.165) is 29.1 Å². The van der Waals surface area contributed by atoms with Crippen molar-refractivity contribution in [3.05, 3.63) is 94.0 Å². The van der Waals surface area contributed by atoms with Gasteiger partial charge in [-0.25, -0.2) is 8.42 Å². The van der Waals surface area contributed by atoms with E-state index in [2.05, 4.69) is 11.4 Å². The van der Waals surface area contributed by atoms with Gasteiger partial charge in [-0.3, -0.25) is 9.10 Å². The van der Waals surface area contributed by atoms with Gasteiger partial charge in [0.05, 0.1) is 26.7 Å². The molecule has 4 rings (SSSR count). The largest absolute Gasteiger partial charge is 0.348 e. The number of anilines is 1. The molecular weight excluding hydrogens is 467 g/mol. The SMILES string of the molecule is O=C(CN(c1ccc(Cl)c(Cl)c1)S(=O)(=O)c1ccccc1)N[C@H]1CCCc2ccccc21. The van der Waals surface area contributed by atoms with E-state index in [0.29, 0.717) is 5.02 Å². The Bertz CT molecular complexity index is 1230. The molecule has 0 bridgehead atoms. The van der Waals surface area contributed by atoms with Gasteiger partial charge in [0, 0.05) is 0 Å². The summed E-state index contributed by atoms with van der Waals surface area (Å²) in [5, 5.41) is 3.53. The molecule has 1 atom stereocenters. The maximum Gasteiger partial charge on any atom is 0.264 e. The number of rotatable bonds is 6. The Morgan fingerprint density at radius 2 is 1.69 bits per heavy atom. The zero-order valence-electron chi connectivity index (χ0n) is 17.2. The van der Waals surface area contributed by atoms with E-state index in [1.54, 1.807) is 18.2 Å². The number of carbonyl (C=O) groups is 1. The van der Waals surface area contributed by atoms with Crippen molar-refractivity contribution >= 4 is 44.8 Å². The van der Waals surface area contributed by atoms with Crippen molar-refractivity contribution < 1.29 is 13.2 Å². The van der Waals surface area contributed by atoms with Gasteiger partial charge in [0.2, 0.25) is 5.91 Å². The lowest BCUT2D eigenvalue weighted by molar-refractivity contribution is -0.120. The van der Waals surface area contributed by atoms with Crippen LogP contribution in [0.5, 0.6) is 0 Å². The third-order valence-electron chi connectivity index (χ3n) is 5.51. The summed E-state index contributed by atoms with van der Waals surface area (Å²) in [7, 11) is -4.01. The number of carbonyl (C=O) groups excluding carboxylic acids is 1. The average molecular weight is 489 g/mol. The lowest BCUT2D eigenvalue weighted by Crippen LogP contribution is -2.42. The number of benzene rings is 3. The van der Waals surface area contributed by atoms with Crippen molar-refractivity contribution in [3.8, 4) is 0 Å². The smallest absolute Gasteiger partial charge is 0.264 e. The van der Waals surface area contributed by atoms with E-state index in [1.165, 1.54) is 35.9 Å². The highest BCUT2D eigenvalue weighted by molar-refractivity contribution is 7.92. The maximum atomic E-state index is 13.4. The monoisotopic (exact) mass is 488 g/mol. The number of halogens is 2. The maximum absolute atomic E-state index is 13.4. The molecule has 32 heavy (non-hydrogen) atoms. The van der Waals surface area contributed by atoms with Gasteiger partial charge in [0.25, 0.3) is 10.0 Å². The van der Waals surface area contributed by atoms with Crippen LogP contribution >= 0.6 is 23.2 Å². The molecule has 1 aliphatic rings. The van der Waals surface area contributed by atoms with Crippen LogP contribution in [0, 0.1) is 0 Å². The van der Waals surface area contributed by atoms with Crippen molar-refractivity contribution in [2.45, 2.75) is 30.2 Å². The van der Waals surface area contributed by atoms with Crippen LogP contribution in [0.2, 0.25) is 10.0 Å². The molecule has 166 valence electrons. The van der Waals surface area contributed by atoms with E-state index in [4.69, 9.17) is 23.2 Å². The van der Waals surface area contributed by atoms with E-state index >= 15 is 0 Å². The van der Waals surface area contributed by atoms with Crippen molar-refractivity contribution in [1.82, 2.24) is 5.32 Å². The zero-order chi connectivity index (χ0) is 22.7. The minimum Gasteiger partial charge on any atom is -0.348 e. The van der Waals surface area contributed by atoms with Crippen LogP contribution in [0.3, 0.4) is 0 Å². The number of fused-ring (bicyclic) bond motifs is 1. The second kappa shape index (κ2) is 9.53. The number of nitrogens with one attached hydrogen (secondary N) is 1. The molecule has 0 unspecified atom stereocenters. The predicted octanol–water partition coefficient (Wildman–Crippen LogP) is 5.38. The van der Waals surface area contributed by atoms with Gasteiger partial charge in [0.1, 0.15) is 6.54 Å². The highest BCUT2D eigenvalue weighted by Crippen LogP contribution is 2.32. The first-order valence-electron chi connectivity index (χ1n) is 10.3. The second-order valence-electron chi connectivity index (χ2n) is 7.63. The number of hydrogen-bond donors (Lipinski definition) is 1. The summed E-state index contributed by atoms with van der Waals surface area (Å²) < 4.78 is 27.9. The Hall–Kier alpha value is -2.54. The molecule has 0 aliphatic heterocycles. The topological polar surface area (TPSA) is 66.5 Å². The summed E-state index contributed by atoms with van der Waals surface area (Å²) in [5.74, 6) is -0.391. The van der Waals surface area contributed by atoms with Gasteiger partial charge >= 0.3 is 0 Å². The highest BCUT2D eigenvalue weighted by atomic mass is 35.5. The number of amides is 1. The third kappa shape index (κ3) is 4.77. The van der Waals surface area contributed by atoms with E-state index in [9.17, 15) is 13.2 Å². The predicted molar refractivity (Wildman–Crippen MR) is 128 cm³/mol. The van der Waals surface area contributed by atoms with Gasteiger partial charge in [-0.1, -0.05) is 65.7 Å². The Morgan fingerprint density at radius 1 is 0.969 bits per heavy atom. The fourth-order valence-corrected chi connectivity index (χ4v) is 5.68. The van der Waals surface area contributed by atoms with E-state index in [-0.39, 0.29) is 28.2 Å². The summed E-state index contributed by atoms with van der Waals surface area (Å²) in [6.07, 6.45) is 2.74. The van der Waals surface area contributed by atoms with Crippen LogP contribution in [0.25, 0.3) is 0 Å². The van der Waals surface area contributed by atoms with Crippen LogP contribution in [0.15, 0.2) is 77.7 Å². The Labute approximate surface area is 198 Å². The van der Waals surface area contributed by atoms with Crippen molar-refractivity contribution in [2.75, 3.05) is 10.8 Å². The van der Waals surface area contributed by atoms with Crippen LogP contribution in [0.4, 0.5) is 5.69 Å². The third-order valence-corrected chi connectivity index (χ3v) is 8.04. The molecule has 0 radical (unpaired) electrons. The van der Waals surface area contributed by atoms with Crippen molar-refractivity contribution in [2.24, 2.45) is 0 Å². The van der Waals surface area contributed by atoms with Crippen LogP contribution in [0.1, 0.15) is 30.0 Å². The molecule has 0 saturated heterocycles. The van der Waals surface area contributed by atoms with Crippen LogP contribution in [-0.4, -0.2) is 20.9 Å². The Morgan fingerprint density at radius 3 is 2.44 bits per heavy atom. The van der Waals surface area contributed by atoms with Gasteiger partial charge in [-0.2, -0.15) is 0 Å². The highest BCUT2D eigenvalue weighted by Gasteiger charge is 2.29. The molecule has 0 aromatic heterocycles. The molecule has 1 amide bonds. The number of nitrogens with zero attached hydrogens (tertiary/aromatic N) is 1. The quantitative estimate of drug-likeness (QED) is 0.506. The number of hydrogen-bond acceptors (Lipinski definition) is 3. The summed E-state index contributed by atoms with van der Waals surface area (Å²) in [6, 6.07) is 20.4. The standard InChI is InChI=1S/C24H22Cl2N2O3S/c25-21-14-13-18(15-22(21)26)28(32(30,31)19-9-2-1-3-10-19)16-24(29)27-23-12-6-8-17-7-4-5-11-20(17)23/h1-5,7,9-11,13-15,23H,6,8,12,16H2,(H,27,29)/t23-/m0/s1. The minimum atomic E-state index is -4.01. The van der Waals surface area contributed by atoms with Gasteiger partial charge in [-0.05, 0) is 60.7 Å². The summed E-state index contributed by atoms with van der Waals surface area (Å²) in [5.41, 5.74) is 2.56. The molecule has 5 nitrogen and oxygen atoms in total. The second-order valence-corrected chi connectivity index (χ2v) is 10.3. The van der Waals surface area contributed by atoms with Gasteiger partial charge < -0.3 is 5.32 Å². The van der Waals surface area contributed by atoms with E-state index in [1.807, 2.05) is 18.2 Å². The molecule has 3 aromatic carbocycles. The van der Waals surface area contributed by atoms with E-state index < -0.39 is 15.9 Å². The molecule has 1 N–H and O–H groups in total. The van der Waals surface area contributed by atoms with Crippen LogP contribution in [-0.2, 0) is 21.2 Å². The zero-order valence-corrected chi connectivity index (χ0v) is 19.5. The summed E-state index contributed by atoms with van der Waals surface area (Å²) in [6.45, 7) is -0.381. The fourth-order valence-electron chi connectivity index (χ4n) is 3.95. The lowest BCUT2D eigenvalue weighted by Gasteiger charge is -2.29. The molecule has 0 saturated carbocycles. The Balaban J connectivity index is 1.64. The molecule has 3 aromatic rings. The number of aryl methyl sites for hydroxylation is 1. The summed E-state index contributed by atoms with van der Waals surface area (Å²) >= 11 is 12.2. The first kappa shape index (κ1) is 22.6. The normalized spacial score (nSPS) is 15.6. The van der Waals surface area contributed by atoms with Crippen molar-refractivity contribution in [3.63, 3.8) is 0 Å². The molecular formula is C24H22Cl2N2O3S. The minimum absolute atomic E-state index is 0.0851. The molecule has 1 aliphatic carbocycles. The fraction of sp³-hybridized carbons (Fsp3) is 0.208. The molecule has 0 fully saturated rings. The van der Waals surface area contributed by atoms with Gasteiger partial charge in [0.15, 0.2) is 0 Å². The van der Waals surface area contributed by atoms with Crippen molar-refractivity contribution in [1.29, 1.82) is 0 Å². The van der Waals surface area contributed by atoms with Gasteiger partial charge in [-0.15, -0.1) is 0 Å². The first-order chi connectivity index (χ1) is 15.4. The lowest BCUT2D eigenvalue weighted by atomic mass is 9.88. The van der Waals surface area contributed by atoms with Crippen LogP contribution < -0.4 is 9.62 Å². The number of sulfonamides is 1. The molecule has 0 spiro atoms.